The summed E-state index contributed by atoms with van der Waals surface area (Å²) in [5.74, 6) is 2.31. The first-order chi connectivity index (χ1) is 10.2. The predicted octanol–water partition coefficient (Wildman–Crippen LogP) is 3.19. The summed E-state index contributed by atoms with van der Waals surface area (Å²) in [5, 5.41) is 6.56. The highest BCUT2D eigenvalue weighted by molar-refractivity contribution is 5.79. The van der Waals surface area contributed by atoms with Crippen LogP contribution < -0.4 is 15.4 Å². The van der Waals surface area contributed by atoms with Gasteiger partial charge in [0.15, 0.2) is 5.96 Å². The van der Waals surface area contributed by atoms with Crippen molar-refractivity contribution in [3.8, 4) is 5.75 Å². The Morgan fingerprint density at radius 1 is 1.19 bits per heavy atom. The van der Waals surface area contributed by atoms with Crippen molar-refractivity contribution >= 4 is 5.96 Å². The van der Waals surface area contributed by atoms with Crippen LogP contribution in [0.3, 0.4) is 0 Å². The summed E-state index contributed by atoms with van der Waals surface area (Å²) in [7, 11) is 0. The number of aliphatic imine (C=N–C) groups is 1. The van der Waals surface area contributed by atoms with E-state index in [0.717, 1.165) is 43.4 Å². The first-order valence-corrected chi connectivity index (χ1v) is 7.90. The van der Waals surface area contributed by atoms with E-state index in [4.69, 9.17) is 4.74 Å². The van der Waals surface area contributed by atoms with Gasteiger partial charge in [0, 0.05) is 18.7 Å². The van der Waals surface area contributed by atoms with Crippen molar-refractivity contribution in [1.29, 1.82) is 0 Å². The average molecular weight is 291 g/mol. The minimum Gasteiger partial charge on any atom is -0.493 e. The van der Waals surface area contributed by atoms with Gasteiger partial charge in [0.2, 0.25) is 0 Å². The molecule has 4 heteroatoms. The van der Waals surface area contributed by atoms with E-state index in [2.05, 4.69) is 49.4 Å². The van der Waals surface area contributed by atoms with E-state index in [1.54, 1.807) is 0 Å². The number of nitrogens with zero attached hydrogens (tertiary/aromatic N) is 1. The number of guanidine groups is 1. The van der Waals surface area contributed by atoms with Crippen molar-refractivity contribution < 1.29 is 4.74 Å². The molecule has 0 atom stereocenters. The molecule has 0 saturated carbocycles. The van der Waals surface area contributed by atoms with Crippen LogP contribution >= 0.6 is 0 Å². The summed E-state index contributed by atoms with van der Waals surface area (Å²) in [6, 6.07) is 8.12. The fraction of sp³-hybridized carbons (Fsp3) is 0.588. The SMILES string of the molecule is CCCNC(=NCc1ccccc1OCC(C)C)NCC. The Morgan fingerprint density at radius 3 is 2.62 bits per heavy atom. The molecule has 0 bridgehead atoms. The normalized spacial score (nSPS) is 11.6. The monoisotopic (exact) mass is 291 g/mol. The summed E-state index contributed by atoms with van der Waals surface area (Å²) in [4.78, 5) is 4.62. The quantitative estimate of drug-likeness (QED) is 0.571. The summed E-state index contributed by atoms with van der Waals surface area (Å²) in [5.41, 5.74) is 1.12. The Bertz CT molecular complexity index is 430. The average Bonchev–Trinajstić information content (AvgIpc) is 2.48. The Morgan fingerprint density at radius 2 is 1.95 bits per heavy atom. The summed E-state index contributed by atoms with van der Waals surface area (Å²) >= 11 is 0. The molecule has 0 spiro atoms. The fourth-order valence-electron chi connectivity index (χ4n) is 1.78. The van der Waals surface area contributed by atoms with E-state index >= 15 is 0 Å². The highest BCUT2D eigenvalue weighted by atomic mass is 16.5. The van der Waals surface area contributed by atoms with Crippen LogP contribution in [0.5, 0.6) is 5.75 Å². The number of nitrogens with one attached hydrogen (secondary N) is 2. The molecule has 0 amide bonds. The zero-order valence-corrected chi connectivity index (χ0v) is 13.8. The predicted molar refractivity (Wildman–Crippen MR) is 89.9 cm³/mol. The molecule has 0 aliphatic heterocycles. The molecule has 0 aliphatic carbocycles. The molecule has 0 aliphatic rings. The standard InChI is InChI=1S/C17H29N3O/c1-5-11-19-17(18-6-2)20-12-15-9-7-8-10-16(15)21-13-14(3)4/h7-10,14H,5-6,11-13H2,1-4H3,(H2,18,19,20). The maximum absolute atomic E-state index is 5.86. The molecule has 0 fully saturated rings. The van der Waals surface area contributed by atoms with Gasteiger partial charge in [-0.1, -0.05) is 39.0 Å². The van der Waals surface area contributed by atoms with Crippen molar-refractivity contribution in [1.82, 2.24) is 10.6 Å². The molecule has 4 nitrogen and oxygen atoms in total. The van der Waals surface area contributed by atoms with Crippen molar-refractivity contribution in [2.45, 2.75) is 40.7 Å². The van der Waals surface area contributed by atoms with E-state index in [1.165, 1.54) is 0 Å². The van der Waals surface area contributed by atoms with Crippen LogP contribution in [0.25, 0.3) is 0 Å². The van der Waals surface area contributed by atoms with Crippen LogP contribution in [-0.2, 0) is 6.54 Å². The molecule has 1 rings (SSSR count). The van der Waals surface area contributed by atoms with Crippen LogP contribution in [0.4, 0.5) is 0 Å². The summed E-state index contributed by atoms with van der Waals surface area (Å²) in [6.07, 6.45) is 1.08. The van der Waals surface area contributed by atoms with Crippen LogP contribution in [0.2, 0.25) is 0 Å². The Labute approximate surface area is 129 Å². The summed E-state index contributed by atoms with van der Waals surface area (Å²) in [6.45, 7) is 11.7. The number of hydrogen-bond acceptors (Lipinski definition) is 2. The van der Waals surface area contributed by atoms with Gasteiger partial charge in [-0.3, -0.25) is 0 Å². The molecule has 2 N–H and O–H groups in total. The van der Waals surface area contributed by atoms with E-state index in [0.29, 0.717) is 12.5 Å². The lowest BCUT2D eigenvalue weighted by molar-refractivity contribution is 0.268. The molecular formula is C17H29N3O. The molecule has 118 valence electrons. The van der Waals surface area contributed by atoms with E-state index in [-0.39, 0.29) is 0 Å². The molecule has 21 heavy (non-hydrogen) atoms. The Kier molecular flexibility index (Phi) is 8.32. The second-order valence-electron chi connectivity index (χ2n) is 5.43. The van der Waals surface area contributed by atoms with Crippen LogP contribution in [0, 0.1) is 5.92 Å². The molecule has 1 aromatic carbocycles. The molecule has 1 aromatic rings. The van der Waals surface area contributed by atoms with Crippen molar-refractivity contribution in [3.05, 3.63) is 29.8 Å². The Hall–Kier alpha value is -1.71. The number of rotatable bonds is 8. The van der Waals surface area contributed by atoms with Gasteiger partial charge >= 0.3 is 0 Å². The van der Waals surface area contributed by atoms with Gasteiger partial charge < -0.3 is 15.4 Å². The zero-order valence-electron chi connectivity index (χ0n) is 13.8. The number of benzene rings is 1. The molecule has 0 heterocycles. The number of para-hydroxylation sites is 1. The largest absolute Gasteiger partial charge is 0.493 e. The van der Waals surface area contributed by atoms with Gasteiger partial charge in [-0.05, 0) is 25.3 Å². The minimum absolute atomic E-state index is 0.519. The summed E-state index contributed by atoms with van der Waals surface area (Å²) < 4.78 is 5.86. The van der Waals surface area contributed by atoms with Gasteiger partial charge in [0.1, 0.15) is 5.75 Å². The second-order valence-corrected chi connectivity index (χ2v) is 5.43. The first kappa shape index (κ1) is 17.3. The maximum Gasteiger partial charge on any atom is 0.191 e. The van der Waals surface area contributed by atoms with Crippen LogP contribution in [-0.4, -0.2) is 25.7 Å². The minimum atomic E-state index is 0.519. The topological polar surface area (TPSA) is 45.7 Å². The number of ether oxygens (including phenoxy) is 1. The van der Waals surface area contributed by atoms with Gasteiger partial charge in [-0.25, -0.2) is 4.99 Å². The fourth-order valence-corrected chi connectivity index (χ4v) is 1.78. The third-order valence-electron chi connectivity index (χ3n) is 2.84. The van der Waals surface area contributed by atoms with Gasteiger partial charge in [-0.15, -0.1) is 0 Å². The van der Waals surface area contributed by atoms with Crippen molar-refractivity contribution in [3.63, 3.8) is 0 Å². The van der Waals surface area contributed by atoms with Gasteiger partial charge in [-0.2, -0.15) is 0 Å². The van der Waals surface area contributed by atoms with Crippen LogP contribution in [0.15, 0.2) is 29.3 Å². The van der Waals surface area contributed by atoms with E-state index in [9.17, 15) is 0 Å². The number of hydrogen-bond donors (Lipinski definition) is 2. The van der Waals surface area contributed by atoms with E-state index in [1.807, 2.05) is 18.2 Å². The second kappa shape index (κ2) is 10.1. The van der Waals surface area contributed by atoms with Crippen molar-refractivity contribution in [2.24, 2.45) is 10.9 Å². The van der Waals surface area contributed by atoms with Gasteiger partial charge in [0.25, 0.3) is 0 Å². The van der Waals surface area contributed by atoms with Gasteiger partial charge in [0.05, 0.1) is 13.2 Å². The molecular weight excluding hydrogens is 262 g/mol. The zero-order chi connectivity index (χ0) is 15.5. The molecule has 0 radical (unpaired) electrons. The smallest absolute Gasteiger partial charge is 0.191 e. The third kappa shape index (κ3) is 7.02. The lowest BCUT2D eigenvalue weighted by atomic mass is 10.2. The molecule has 0 aromatic heterocycles. The molecule has 0 saturated heterocycles. The highest BCUT2D eigenvalue weighted by Gasteiger charge is 2.04. The van der Waals surface area contributed by atoms with E-state index < -0.39 is 0 Å². The third-order valence-corrected chi connectivity index (χ3v) is 2.84. The van der Waals surface area contributed by atoms with Crippen molar-refractivity contribution in [2.75, 3.05) is 19.7 Å². The Balaban J connectivity index is 2.70. The first-order valence-electron chi connectivity index (χ1n) is 7.90. The lowest BCUT2D eigenvalue weighted by Crippen LogP contribution is -2.37. The highest BCUT2D eigenvalue weighted by Crippen LogP contribution is 2.19. The maximum atomic E-state index is 5.86. The van der Waals surface area contributed by atoms with Crippen LogP contribution in [0.1, 0.15) is 39.7 Å². The lowest BCUT2D eigenvalue weighted by Gasteiger charge is -2.13. The molecule has 0 unspecified atom stereocenters.